The number of amides is 1. The van der Waals surface area contributed by atoms with Gasteiger partial charge in [0.1, 0.15) is 5.65 Å². The largest absolute Gasteiger partial charge is 0.382 e. The number of pyridine rings is 1. The second-order valence-corrected chi connectivity index (χ2v) is 6.84. The predicted molar refractivity (Wildman–Crippen MR) is 110 cm³/mol. The molecule has 1 aromatic carbocycles. The van der Waals surface area contributed by atoms with E-state index in [4.69, 9.17) is 17.3 Å². The van der Waals surface area contributed by atoms with Gasteiger partial charge in [-0.05, 0) is 5.56 Å². The first-order valence-corrected chi connectivity index (χ1v) is 8.90. The van der Waals surface area contributed by atoms with Crippen molar-refractivity contribution in [1.82, 2.24) is 24.8 Å². The molecule has 0 fully saturated rings. The number of fused-ring (bicyclic) bond motifs is 1. The Morgan fingerprint density at radius 2 is 1.86 bits per heavy atom. The smallest absolute Gasteiger partial charge is 0.275 e. The van der Waals surface area contributed by atoms with Crippen LogP contribution in [0, 0.1) is 0 Å². The molecule has 7 nitrogen and oxygen atoms in total. The van der Waals surface area contributed by atoms with Crippen molar-refractivity contribution in [3.8, 4) is 22.4 Å². The van der Waals surface area contributed by atoms with Crippen LogP contribution in [0.15, 0.2) is 48.9 Å². The number of carbonyl (C=O) groups is 1. The van der Waals surface area contributed by atoms with Crippen LogP contribution in [-0.2, 0) is 0 Å². The van der Waals surface area contributed by atoms with Gasteiger partial charge in [-0.3, -0.25) is 4.79 Å². The number of aromatic amines is 1. The average Bonchev–Trinajstić information content (AvgIpc) is 3.14. The quantitative estimate of drug-likeness (QED) is 0.554. The normalized spacial score (nSPS) is 11.0. The maximum absolute atomic E-state index is 12.3. The van der Waals surface area contributed by atoms with E-state index in [2.05, 4.69) is 19.9 Å². The van der Waals surface area contributed by atoms with Crippen LogP contribution in [0.2, 0.25) is 5.02 Å². The van der Waals surface area contributed by atoms with E-state index in [1.165, 1.54) is 11.1 Å². The number of benzene rings is 1. The molecule has 4 rings (SSSR count). The van der Waals surface area contributed by atoms with Crippen LogP contribution in [0.1, 0.15) is 10.5 Å². The number of nitrogen functional groups attached to an aromatic ring is 1. The lowest BCUT2D eigenvalue weighted by atomic mass is 10.0. The van der Waals surface area contributed by atoms with E-state index in [1.807, 2.05) is 36.5 Å². The molecule has 0 atom stereocenters. The van der Waals surface area contributed by atoms with Crippen molar-refractivity contribution in [2.45, 2.75) is 0 Å². The fourth-order valence-electron chi connectivity index (χ4n) is 2.98. The third-order valence-corrected chi connectivity index (χ3v) is 4.80. The molecule has 1 amide bonds. The van der Waals surface area contributed by atoms with Crippen LogP contribution in [0.3, 0.4) is 0 Å². The number of rotatable bonds is 3. The van der Waals surface area contributed by atoms with Crippen LogP contribution in [0.5, 0.6) is 0 Å². The highest BCUT2D eigenvalue weighted by molar-refractivity contribution is 6.39. The standard InChI is InChI=1S/C20H17ClN6O/c1-27(2)20(28)17-18(22)23-10-14(26-17)13-9-25-19-15(16(13)21)12(8-24-19)11-6-4-3-5-7-11/h3-10H,1-2H3,(H2,22,23)(H,24,25). The van der Waals surface area contributed by atoms with E-state index < -0.39 is 0 Å². The molecule has 3 heterocycles. The molecule has 0 aliphatic rings. The lowest BCUT2D eigenvalue weighted by Crippen LogP contribution is -2.24. The first-order chi connectivity index (χ1) is 13.5. The minimum absolute atomic E-state index is 0.0687. The summed E-state index contributed by atoms with van der Waals surface area (Å²) in [5, 5.41) is 1.26. The Bertz CT molecular complexity index is 1190. The zero-order chi connectivity index (χ0) is 19.8. The minimum atomic E-state index is -0.330. The van der Waals surface area contributed by atoms with Crippen molar-refractivity contribution < 1.29 is 4.79 Å². The van der Waals surface area contributed by atoms with Crippen molar-refractivity contribution >= 4 is 34.4 Å². The molecule has 8 heteroatoms. The summed E-state index contributed by atoms with van der Waals surface area (Å²) in [6.45, 7) is 0. The van der Waals surface area contributed by atoms with Crippen LogP contribution in [0.4, 0.5) is 5.82 Å². The van der Waals surface area contributed by atoms with Gasteiger partial charge in [-0.15, -0.1) is 0 Å². The van der Waals surface area contributed by atoms with Crippen molar-refractivity contribution in [3.05, 3.63) is 59.6 Å². The molecule has 4 aromatic rings. The van der Waals surface area contributed by atoms with Gasteiger partial charge in [0.15, 0.2) is 11.5 Å². The topological polar surface area (TPSA) is 101 Å². The number of nitrogens with zero attached hydrogens (tertiary/aromatic N) is 4. The van der Waals surface area contributed by atoms with E-state index in [9.17, 15) is 4.79 Å². The molecule has 0 saturated carbocycles. The Morgan fingerprint density at radius 1 is 1.11 bits per heavy atom. The number of hydrogen-bond acceptors (Lipinski definition) is 5. The number of carbonyl (C=O) groups excluding carboxylic acids is 1. The lowest BCUT2D eigenvalue weighted by molar-refractivity contribution is 0.0823. The predicted octanol–water partition coefficient (Wildman–Crippen LogP) is 3.62. The zero-order valence-corrected chi connectivity index (χ0v) is 16.0. The molecule has 0 spiro atoms. The second-order valence-electron chi connectivity index (χ2n) is 6.47. The van der Waals surface area contributed by atoms with Crippen LogP contribution in [-0.4, -0.2) is 44.8 Å². The van der Waals surface area contributed by atoms with E-state index in [1.54, 1.807) is 20.3 Å². The Morgan fingerprint density at radius 3 is 2.57 bits per heavy atom. The van der Waals surface area contributed by atoms with Crippen molar-refractivity contribution in [1.29, 1.82) is 0 Å². The molecule has 3 aromatic heterocycles. The molecule has 0 saturated heterocycles. The van der Waals surface area contributed by atoms with Crippen molar-refractivity contribution in [2.24, 2.45) is 0 Å². The highest BCUT2D eigenvalue weighted by Gasteiger charge is 2.20. The summed E-state index contributed by atoms with van der Waals surface area (Å²) in [4.78, 5) is 29.9. The van der Waals surface area contributed by atoms with Gasteiger partial charge in [0.25, 0.3) is 5.91 Å². The highest BCUT2D eigenvalue weighted by Crippen LogP contribution is 2.38. The molecule has 3 N–H and O–H groups in total. The monoisotopic (exact) mass is 392 g/mol. The average molecular weight is 393 g/mol. The molecule has 28 heavy (non-hydrogen) atoms. The molecule has 0 aliphatic carbocycles. The SMILES string of the molecule is CN(C)C(=O)c1nc(-c2cnc3[nH]cc(-c4ccccc4)c3c2Cl)cnc1N. The van der Waals surface area contributed by atoms with E-state index >= 15 is 0 Å². The van der Waals surface area contributed by atoms with E-state index in [0.29, 0.717) is 21.9 Å². The molecule has 140 valence electrons. The van der Waals surface area contributed by atoms with Gasteiger partial charge >= 0.3 is 0 Å². The summed E-state index contributed by atoms with van der Waals surface area (Å²) < 4.78 is 0. The molecule has 0 bridgehead atoms. The third-order valence-electron chi connectivity index (χ3n) is 4.41. The zero-order valence-electron chi connectivity index (χ0n) is 15.3. The summed E-state index contributed by atoms with van der Waals surface area (Å²) in [7, 11) is 3.26. The van der Waals surface area contributed by atoms with Crippen LogP contribution >= 0.6 is 11.6 Å². The number of nitrogens with two attached hydrogens (primary N) is 1. The first kappa shape index (κ1) is 17.9. The van der Waals surface area contributed by atoms with E-state index in [0.717, 1.165) is 16.5 Å². The highest BCUT2D eigenvalue weighted by atomic mass is 35.5. The van der Waals surface area contributed by atoms with Gasteiger partial charge in [0, 0.05) is 43.0 Å². The number of H-pyrrole nitrogens is 1. The summed E-state index contributed by atoms with van der Waals surface area (Å²) in [6, 6.07) is 9.88. The fourth-order valence-corrected chi connectivity index (χ4v) is 3.32. The van der Waals surface area contributed by atoms with Gasteiger partial charge in [0.2, 0.25) is 0 Å². The fraction of sp³-hybridized carbons (Fsp3) is 0.100. The Hall–Kier alpha value is -3.45. The third kappa shape index (κ3) is 2.95. The van der Waals surface area contributed by atoms with Gasteiger partial charge < -0.3 is 15.6 Å². The summed E-state index contributed by atoms with van der Waals surface area (Å²) >= 11 is 6.75. The van der Waals surface area contributed by atoms with E-state index in [-0.39, 0.29) is 17.4 Å². The molecule has 0 radical (unpaired) electrons. The maximum Gasteiger partial charge on any atom is 0.275 e. The second kappa shape index (κ2) is 6.94. The van der Waals surface area contributed by atoms with Crippen LogP contribution in [0.25, 0.3) is 33.4 Å². The Kier molecular flexibility index (Phi) is 4.44. The molecule has 0 aliphatic heterocycles. The molecular formula is C20H17ClN6O. The molecule has 0 unspecified atom stereocenters. The molecular weight excluding hydrogens is 376 g/mol. The minimum Gasteiger partial charge on any atom is -0.382 e. The number of hydrogen-bond donors (Lipinski definition) is 2. The van der Waals surface area contributed by atoms with Gasteiger partial charge in [-0.25, -0.2) is 15.0 Å². The van der Waals surface area contributed by atoms with Crippen LogP contribution < -0.4 is 5.73 Å². The van der Waals surface area contributed by atoms with Gasteiger partial charge in [-0.2, -0.15) is 0 Å². The maximum atomic E-state index is 12.3. The Labute approximate surface area is 166 Å². The number of anilines is 1. The lowest BCUT2D eigenvalue weighted by Gasteiger charge is -2.12. The Balaban J connectivity index is 1.90. The first-order valence-electron chi connectivity index (χ1n) is 8.53. The van der Waals surface area contributed by atoms with Crippen molar-refractivity contribution in [2.75, 3.05) is 19.8 Å². The van der Waals surface area contributed by atoms with Gasteiger partial charge in [0.05, 0.1) is 16.9 Å². The van der Waals surface area contributed by atoms with Gasteiger partial charge in [-0.1, -0.05) is 41.9 Å². The van der Waals surface area contributed by atoms with Crippen molar-refractivity contribution in [3.63, 3.8) is 0 Å². The number of aromatic nitrogens is 4. The summed E-state index contributed by atoms with van der Waals surface area (Å²) in [5.41, 5.74) is 9.54. The summed E-state index contributed by atoms with van der Waals surface area (Å²) in [6.07, 6.45) is 4.98. The number of nitrogens with one attached hydrogen (secondary N) is 1. The summed E-state index contributed by atoms with van der Waals surface area (Å²) in [5.74, 6) is -0.261. The number of halogens is 1.